The molecule has 0 spiro atoms. The van der Waals surface area contributed by atoms with Gasteiger partial charge in [-0.3, -0.25) is 14.5 Å². The number of nitriles is 1. The maximum Gasteiger partial charge on any atom is 0.300 e. The smallest absolute Gasteiger partial charge is 0.300 e. The van der Waals surface area contributed by atoms with Gasteiger partial charge in [-0.25, -0.2) is 0 Å². The lowest BCUT2D eigenvalue weighted by Crippen LogP contribution is -2.29. The Labute approximate surface area is 202 Å². The third kappa shape index (κ3) is 4.04. The molecule has 3 aromatic rings. The minimum absolute atomic E-state index is 0.118. The van der Waals surface area contributed by atoms with Crippen LogP contribution in [0.2, 0.25) is 0 Å². The summed E-state index contributed by atoms with van der Waals surface area (Å²) < 4.78 is 16.2. The second-order valence-corrected chi connectivity index (χ2v) is 7.64. The summed E-state index contributed by atoms with van der Waals surface area (Å²) in [6.45, 7) is 0. The average molecular weight is 470 g/mol. The Balaban J connectivity index is 1.99. The van der Waals surface area contributed by atoms with E-state index in [-0.39, 0.29) is 16.9 Å². The summed E-state index contributed by atoms with van der Waals surface area (Å²) in [5, 5.41) is 20.6. The summed E-state index contributed by atoms with van der Waals surface area (Å²) in [6.07, 6.45) is 0. The molecular formula is C27H22N2O6. The van der Waals surface area contributed by atoms with Crippen LogP contribution in [-0.4, -0.2) is 38.1 Å². The van der Waals surface area contributed by atoms with E-state index in [9.17, 15) is 14.7 Å². The van der Waals surface area contributed by atoms with E-state index >= 15 is 0 Å². The standard InChI is InChI=1S/C27H22N2O6/c1-33-18-12-13-20(22(14-18)35-3)25(30)23-24(19-6-4-5-7-21(19)34-2)29(27(32)26(23)31)17-10-8-16(15-28)9-11-17/h4-14,24,30H,1-3H3/b25-23+. The number of rotatable bonds is 6. The molecule has 1 amide bonds. The number of nitrogens with zero attached hydrogens (tertiary/aromatic N) is 2. The van der Waals surface area contributed by atoms with Crippen molar-refractivity contribution < 1.29 is 28.9 Å². The van der Waals surface area contributed by atoms with Gasteiger partial charge in [0.25, 0.3) is 11.7 Å². The third-order valence-electron chi connectivity index (χ3n) is 5.82. The lowest BCUT2D eigenvalue weighted by atomic mass is 9.94. The fourth-order valence-electron chi connectivity index (χ4n) is 4.12. The van der Waals surface area contributed by atoms with Crippen molar-refractivity contribution in [1.82, 2.24) is 0 Å². The van der Waals surface area contributed by atoms with Crippen molar-refractivity contribution in [3.63, 3.8) is 0 Å². The minimum atomic E-state index is -0.995. The van der Waals surface area contributed by atoms with Crippen molar-refractivity contribution in [2.45, 2.75) is 6.04 Å². The number of hydrogen-bond donors (Lipinski definition) is 1. The van der Waals surface area contributed by atoms with E-state index in [1.807, 2.05) is 6.07 Å². The fourth-order valence-corrected chi connectivity index (χ4v) is 4.12. The van der Waals surface area contributed by atoms with E-state index < -0.39 is 23.5 Å². The molecule has 1 saturated heterocycles. The number of ether oxygens (including phenoxy) is 3. The van der Waals surface area contributed by atoms with Crippen LogP contribution in [0.1, 0.15) is 22.7 Å². The van der Waals surface area contributed by atoms with Crippen LogP contribution in [0.15, 0.2) is 72.3 Å². The molecule has 1 aliphatic rings. The molecule has 35 heavy (non-hydrogen) atoms. The van der Waals surface area contributed by atoms with E-state index in [0.717, 1.165) is 0 Å². The highest BCUT2D eigenvalue weighted by atomic mass is 16.5. The van der Waals surface area contributed by atoms with Gasteiger partial charge in [-0.05, 0) is 42.5 Å². The van der Waals surface area contributed by atoms with Crippen LogP contribution in [0, 0.1) is 11.3 Å². The minimum Gasteiger partial charge on any atom is -0.507 e. The van der Waals surface area contributed by atoms with Crippen molar-refractivity contribution in [2.75, 3.05) is 26.2 Å². The van der Waals surface area contributed by atoms with Gasteiger partial charge in [-0.15, -0.1) is 0 Å². The Bertz CT molecular complexity index is 1370. The molecule has 176 valence electrons. The van der Waals surface area contributed by atoms with Crippen LogP contribution < -0.4 is 19.1 Å². The number of aliphatic hydroxyl groups excluding tert-OH is 1. The van der Waals surface area contributed by atoms with Gasteiger partial charge in [0.05, 0.1) is 50.1 Å². The van der Waals surface area contributed by atoms with Crippen LogP contribution in [-0.2, 0) is 9.59 Å². The molecule has 0 saturated carbocycles. The van der Waals surface area contributed by atoms with E-state index in [0.29, 0.717) is 28.3 Å². The maximum atomic E-state index is 13.4. The molecule has 1 unspecified atom stereocenters. The highest BCUT2D eigenvalue weighted by Gasteiger charge is 2.48. The molecular weight excluding hydrogens is 448 g/mol. The first-order valence-corrected chi connectivity index (χ1v) is 10.6. The molecule has 8 nitrogen and oxygen atoms in total. The number of para-hydroxylation sites is 1. The number of Topliss-reactive ketones (excluding diaryl/α,β-unsaturated/α-hetero) is 1. The molecule has 1 N–H and O–H groups in total. The predicted octanol–water partition coefficient (Wildman–Crippen LogP) is 4.21. The highest BCUT2D eigenvalue weighted by Crippen LogP contribution is 2.45. The average Bonchev–Trinajstić information content (AvgIpc) is 3.17. The topological polar surface area (TPSA) is 109 Å². The van der Waals surface area contributed by atoms with Crippen LogP contribution in [0.3, 0.4) is 0 Å². The Morgan fingerprint density at radius 2 is 1.60 bits per heavy atom. The Kier molecular flexibility index (Phi) is 6.42. The number of carbonyl (C=O) groups is 2. The maximum absolute atomic E-state index is 13.4. The monoisotopic (exact) mass is 470 g/mol. The van der Waals surface area contributed by atoms with Crippen LogP contribution in [0.4, 0.5) is 5.69 Å². The van der Waals surface area contributed by atoms with Gasteiger partial charge in [-0.1, -0.05) is 18.2 Å². The lowest BCUT2D eigenvalue weighted by molar-refractivity contribution is -0.132. The van der Waals surface area contributed by atoms with Crippen LogP contribution in [0.25, 0.3) is 5.76 Å². The van der Waals surface area contributed by atoms with E-state index in [1.165, 1.54) is 26.2 Å². The number of hydrogen-bond acceptors (Lipinski definition) is 7. The van der Waals surface area contributed by atoms with E-state index in [1.54, 1.807) is 66.7 Å². The van der Waals surface area contributed by atoms with Crippen LogP contribution in [0.5, 0.6) is 17.2 Å². The second kappa shape index (κ2) is 9.61. The van der Waals surface area contributed by atoms with Gasteiger partial charge in [0, 0.05) is 17.3 Å². The fraction of sp³-hybridized carbons (Fsp3) is 0.148. The molecule has 1 fully saturated rings. The van der Waals surface area contributed by atoms with E-state index in [2.05, 4.69) is 0 Å². The summed E-state index contributed by atoms with van der Waals surface area (Å²) in [4.78, 5) is 28.0. The SMILES string of the molecule is COc1ccc(/C(O)=C2\C(=O)C(=O)N(c3ccc(C#N)cc3)C2c2ccccc2OC)c(OC)c1. The molecule has 1 heterocycles. The van der Waals surface area contributed by atoms with Gasteiger partial charge in [0.15, 0.2) is 0 Å². The summed E-state index contributed by atoms with van der Waals surface area (Å²) in [5.41, 5.74) is 1.41. The summed E-state index contributed by atoms with van der Waals surface area (Å²) in [6, 6.07) is 19.0. The largest absolute Gasteiger partial charge is 0.507 e. The Morgan fingerprint density at radius 1 is 0.914 bits per heavy atom. The molecule has 0 bridgehead atoms. The molecule has 3 aromatic carbocycles. The van der Waals surface area contributed by atoms with Crippen molar-refractivity contribution in [3.05, 3.63) is 89.0 Å². The number of anilines is 1. The van der Waals surface area contributed by atoms with Crippen molar-refractivity contribution in [1.29, 1.82) is 5.26 Å². The molecule has 0 radical (unpaired) electrons. The summed E-state index contributed by atoms with van der Waals surface area (Å²) in [7, 11) is 4.41. The highest BCUT2D eigenvalue weighted by molar-refractivity contribution is 6.51. The molecule has 8 heteroatoms. The number of ketones is 1. The molecule has 1 aliphatic heterocycles. The molecule has 0 aromatic heterocycles. The zero-order valence-corrected chi connectivity index (χ0v) is 19.3. The van der Waals surface area contributed by atoms with Gasteiger partial charge in [0.1, 0.15) is 23.0 Å². The first-order valence-electron chi connectivity index (χ1n) is 10.6. The molecule has 4 rings (SSSR count). The number of amides is 1. The Hall–Kier alpha value is -4.77. The number of methoxy groups -OCH3 is 3. The van der Waals surface area contributed by atoms with Crippen LogP contribution >= 0.6 is 0 Å². The summed E-state index contributed by atoms with van der Waals surface area (Å²) in [5.74, 6) is -0.872. The van der Waals surface area contributed by atoms with Crippen molar-refractivity contribution in [2.24, 2.45) is 0 Å². The van der Waals surface area contributed by atoms with Gasteiger partial charge >= 0.3 is 0 Å². The molecule has 0 aliphatic carbocycles. The van der Waals surface area contributed by atoms with E-state index in [4.69, 9.17) is 19.5 Å². The lowest BCUT2D eigenvalue weighted by Gasteiger charge is -2.26. The third-order valence-corrected chi connectivity index (χ3v) is 5.82. The number of carbonyl (C=O) groups excluding carboxylic acids is 2. The Morgan fingerprint density at radius 3 is 2.23 bits per heavy atom. The van der Waals surface area contributed by atoms with Crippen molar-refractivity contribution in [3.8, 4) is 23.3 Å². The van der Waals surface area contributed by atoms with Gasteiger partial charge in [-0.2, -0.15) is 5.26 Å². The number of benzene rings is 3. The predicted molar refractivity (Wildman–Crippen MR) is 128 cm³/mol. The summed E-state index contributed by atoms with van der Waals surface area (Å²) >= 11 is 0. The number of aliphatic hydroxyl groups is 1. The zero-order chi connectivity index (χ0) is 25.1. The van der Waals surface area contributed by atoms with Crippen molar-refractivity contribution >= 4 is 23.1 Å². The first kappa shape index (κ1) is 23.4. The van der Waals surface area contributed by atoms with Gasteiger partial charge < -0.3 is 19.3 Å². The molecule has 1 atom stereocenters. The normalized spacial score (nSPS) is 16.6. The first-order chi connectivity index (χ1) is 16.9. The second-order valence-electron chi connectivity index (χ2n) is 7.64. The quantitative estimate of drug-likeness (QED) is 0.326. The van der Waals surface area contributed by atoms with Gasteiger partial charge in [0.2, 0.25) is 0 Å². The zero-order valence-electron chi connectivity index (χ0n) is 19.3.